The van der Waals surface area contributed by atoms with Crippen LogP contribution in [0.4, 0.5) is 14.5 Å². The molecule has 0 radical (unpaired) electrons. The van der Waals surface area contributed by atoms with Crippen LogP contribution in [0.15, 0.2) is 48.5 Å². The predicted octanol–water partition coefficient (Wildman–Crippen LogP) is 2.69. The first-order valence-electron chi connectivity index (χ1n) is 6.15. The van der Waals surface area contributed by atoms with E-state index in [9.17, 15) is 13.6 Å². The van der Waals surface area contributed by atoms with Crippen molar-refractivity contribution in [1.82, 2.24) is 5.32 Å². The molecule has 0 saturated heterocycles. The van der Waals surface area contributed by atoms with Crippen LogP contribution in [0.2, 0.25) is 0 Å². The van der Waals surface area contributed by atoms with Crippen LogP contribution >= 0.6 is 0 Å². The van der Waals surface area contributed by atoms with E-state index in [4.69, 9.17) is 0 Å². The molecule has 0 fully saturated rings. The van der Waals surface area contributed by atoms with Gasteiger partial charge in [-0.25, -0.2) is 8.78 Å². The summed E-state index contributed by atoms with van der Waals surface area (Å²) < 4.78 is 26.6. The minimum atomic E-state index is -0.721. The third-order valence-electron chi connectivity index (χ3n) is 2.72. The monoisotopic (exact) mass is 276 g/mol. The highest BCUT2D eigenvalue weighted by atomic mass is 19.1. The van der Waals surface area contributed by atoms with E-state index in [-0.39, 0.29) is 18.1 Å². The summed E-state index contributed by atoms with van der Waals surface area (Å²) in [4.78, 5) is 11.6. The van der Waals surface area contributed by atoms with Crippen LogP contribution in [0.25, 0.3) is 0 Å². The fourth-order valence-corrected chi connectivity index (χ4v) is 1.69. The molecule has 2 aromatic rings. The topological polar surface area (TPSA) is 41.1 Å². The van der Waals surface area contributed by atoms with Gasteiger partial charge in [0.2, 0.25) is 5.91 Å². The zero-order chi connectivity index (χ0) is 14.4. The van der Waals surface area contributed by atoms with Crippen molar-refractivity contribution in [1.29, 1.82) is 0 Å². The lowest BCUT2D eigenvalue weighted by molar-refractivity contribution is -0.119. The summed E-state index contributed by atoms with van der Waals surface area (Å²) >= 11 is 0. The van der Waals surface area contributed by atoms with Crippen LogP contribution in [0, 0.1) is 11.6 Å². The van der Waals surface area contributed by atoms with E-state index in [1.165, 1.54) is 6.07 Å². The normalized spacial score (nSPS) is 10.1. The lowest BCUT2D eigenvalue weighted by Crippen LogP contribution is -2.29. The molecule has 104 valence electrons. The molecule has 0 unspecified atom stereocenters. The number of carbonyl (C=O) groups is 1. The molecule has 2 rings (SSSR count). The summed E-state index contributed by atoms with van der Waals surface area (Å²) in [6, 6.07) is 12.9. The van der Waals surface area contributed by atoms with Crippen molar-refractivity contribution in [3.63, 3.8) is 0 Å². The Labute approximate surface area is 115 Å². The van der Waals surface area contributed by atoms with Gasteiger partial charge in [0, 0.05) is 6.54 Å². The van der Waals surface area contributed by atoms with Gasteiger partial charge in [0.05, 0.1) is 6.54 Å². The first-order chi connectivity index (χ1) is 9.66. The molecular weight excluding hydrogens is 262 g/mol. The Hall–Kier alpha value is -2.43. The molecule has 0 heterocycles. The van der Waals surface area contributed by atoms with Crippen LogP contribution in [0.3, 0.4) is 0 Å². The number of anilines is 1. The van der Waals surface area contributed by atoms with Gasteiger partial charge in [-0.2, -0.15) is 0 Å². The summed E-state index contributed by atoms with van der Waals surface area (Å²) in [5.41, 5.74) is 0.667. The average Bonchev–Trinajstić information content (AvgIpc) is 2.46. The highest BCUT2D eigenvalue weighted by molar-refractivity contribution is 5.80. The first-order valence-corrected chi connectivity index (χ1v) is 6.15. The quantitative estimate of drug-likeness (QED) is 0.881. The molecule has 2 N–H and O–H groups in total. The second-order valence-corrected chi connectivity index (χ2v) is 4.21. The Morgan fingerprint density at radius 1 is 0.950 bits per heavy atom. The maximum atomic E-state index is 13.3. The van der Waals surface area contributed by atoms with Gasteiger partial charge < -0.3 is 10.6 Å². The van der Waals surface area contributed by atoms with Crippen LogP contribution in [0.1, 0.15) is 5.56 Å². The molecule has 5 heteroatoms. The SMILES string of the molecule is O=C(CNc1c(F)cccc1F)NCc1ccccc1. The third-order valence-corrected chi connectivity index (χ3v) is 2.72. The Kier molecular flexibility index (Phi) is 4.65. The summed E-state index contributed by atoms with van der Waals surface area (Å²) in [6.07, 6.45) is 0. The lowest BCUT2D eigenvalue weighted by atomic mass is 10.2. The van der Waals surface area contributed by atoms with Gasteiger partial charge in [-0.3, -0.25) is 4.79 Å². The van der Waals surface area contributed by atoms with Crippen molar-refractivity contribution >= 4 is 11.6 Å². The second kappa shape index (κ2) is 6.65. The molecule has 1 amide bonds. The van der Waals surface area contributed by atoms with E-state index in [2.05, 4.69) is 10.6 Å². The average molecular weight is 276 g/mol. The molecule has 20 heavy (non-hydrogen) atoms. The molecule has 0 bridgehead atoms. The lowest BCUT2D eigenvalue weighted by Gasteiger charge is -2.09. The smallest absolute Gasteiger partial charge is 0.239 e. The van der Waals surface area contributed by atoms with Crippen molar-refractivity contribution in [3.05, 3.63) is 65.7 Å². The first kappa shape index (κ1) is 14.0. The molecule has 0 atom stereocenters. The zero-order valence-electron chi connectivity index (χ0n) is 10.7. The number of hydrogen-bond acceptors (Lipinski definition) is 2. The zero-order valence-corrected chi connectivity index (χ0v) is 10.7. The van der Waals surface area contributed by atoms with Gasteiger partial charge in [0.15, 0.2) is 0 Å². The van der Waals surface area contributed by atoms with Crippen molar-refractivity contribution in [3.8, 4) is 0 Å². The fourth-order valence-electron chi connectivity index (χ4n) is 1.69. The molecule has 0 saturated carbocycles. The van der Waals surface area contributed by atoms with Gasteiger partial charge in [0.1, 0.15) is 17.3 Å². The third kappa shape index (κ3) is 3.78. The van der Waals surface area contributed by atoms with Crippen molar-refractivity contribution in [2.75, 3.05) is 11.9 Å². The van der Waals surface area contributed by atoms with E-state index in [1.54, 1.807) is 0 Å². The summed E-state index contributed by atoms with van der Waals surface area (Å²) in [5.74, 6) is -1.78. The standard InChI is InChI=1S/C15H14F2N2O/c16-12-7-4-8-13(17)15(12)19-10-14(20)18-9-11-5-2-1-3-6-11/h1-8,19H,9-10H2,(H,18,20). The van der Waals surface area contributed by atoms with E-state index in [0.29, 0.717) is 6.54 Å². The summed E-state index contributed by atoms with van der Waals surface area (Å²) in [6.45, 7) is 0.186. The molecule has 2 aromatic carbocycles. The predicted molar refractivity (Wildman–Crippen MR) is 73.1 cm³/mol. The Morgan fingerprint density at radius 2 is 1.60 bits per heavy atom. The molecule has 0 aromatic heterocycles. The number of hydrogen-bond donors (Lipinski definition) is 2. The highest BCUT2D eigenvalue weighted by Crippen LogP contribution is 2.17. The van der Waals surface area contributed by atoms with Crippen molar-refractivity contribution in [2.24, 2.45) is 0 Å². The van der Waals surface area contributed by atoms with Crippen LogP contribution in [0.5, 0.6) is 0 Å². The number of amides is 1. The summed E-state index contributed by atoms with van der Waals surface area (Å²) in [5, 5.41) is 5.12. The Morgan fingerprint density at radius 3 is 2.25 bits per heavy atom. The van der Waals surface area contributed by atoms with Gasteiger partial charge in [-0.15, -0.1) is 0 Å². The number of nitrogens with one attached hydrogen (secondary N) is 2. The van der Waals surface area contributed by atoms with E-state index >= 15 is 0 Å². The highest BCUT2D eigenvalue weighted by Gasteiger charge is 2.09. The molecular formula is C15H14F2N2O. The van der Waals surface area contributed by atoms with Crippen molar-refractivity contribution < 1.29 is 13.6 Å². The molecule has 0 aliphatic rings. The molecule has 3 nitrogen and oxygen atoms in total. The maximum absolute atomic E-state index is 13.3. The van der Waals surface area contributed by atoms with Gasteiger partial charge in [-0.05, 0) is 17.7 Å². The number of halogens is 2. The number of rotatable bonds is 5. The van der Waals surface area contributed by atoms with E-state index in [0.717, 1.165) is 17.7 Å². The summed E-state index contributed by atoms with van der Waals surface area (Å²) in [7, 11) is 0. The minimum absolute atomic E-state index is 0.190. The van der Waals surface area contributed by atoms with Gasteiger partial charge in [-0.1, -0.05) is 36.4 Å². The van der Waals surface area contributed by atoms with Crippen LogP contribution in [-0.4, -0.2) is 12.5 Å². The van der Waals surface area contributed by atoms with Crippen LogP contribution in [-0.2, 0) is 11.3 Å². The van der Waals surface area contributed by atoms with Gasteiger partial charge >= 0.3 is 0 Å². The number of carbonyl (C=O) groups excluding carboxylic acids is 1. The molecule has 0 aliphatic carbocycles. The molecule has 0 spiro atoms. The number of benzene rings is 2. The Bertz CT molecular complexity index is 567. The van der Waals surface area contributed by atoms with E-state index in [1.807, 2.05) is 30.3 Å². The van der Waals surface area contributed by atoms with E-state index < -0.39 is 11.6 Å². The second-order valence-electron chi connectivity index (χ2n) is 4.21. The minimum Gasteiger partial charge on any atom is -0.371 e. The van der Waals surface area contributed by atoms with Crippen LogP contribution < -0.4 is 10.6 Å². The maximum Gasteiger partial charge on any atom is 0.239 e. The van der Waals surface area contributed by atoms with Crippen molar-refractivity contribution in [2.45, 2.75) is 6.54 Å². The largest absolute Gasteiger partial charge is 0.371 e. The Balaban J connectivity index is 1.84. The molecule has 0 aliphatic heterocycles. The fraction of sp³-hybridized carbons (Fsp3) is 0.133. The number of para-hydroxylation sites is 1. The van der Waals surface area contributed by atoms with Gasteiger partial charge in [0.25, 0.3) is 0 Å².